The van der Waals surface area contributed by atoms with Gasteiger partial charge in [0.1, 0.15) is 24.4 Å². The monoisotopic (exact) mass is 386 g/mol. The van der Waals surface area contributed by atoms with Gasteiger partial charge < -0.3 is 24.8 Å². The molecular formula is C22H42O5. The minimum absolute atomic E-state index is 0.217. The molecule has 27 heavy (non-hydrogen) atoms. The first-order chi connectivity index (χ1) is 13.2. The number of ether oxygens (including phenoxy) is 2. The molecule has 0 aromatic carbocycles. The number of aliphatic hydroxyl groups excluding tert-OH is 3. The molecule has 0 radical (unpaired) electrons. The first-order valence-corrected chi connectivity index (χ1v) is 11.1. The van der Waals surface area contributed by atoms with E-state index in [1.54, 1.807) is 0 Å². The van der Waals surface area contributed by atoms with Gasteiger partial charge in [0, 0.05) is 6.61 Å². The second kappa shape index (κ2) is 16.5. The van der Waals surface area contributed by atoms with Crippen LogP contribution in [0.25, 0.3) is 0 Å². The summed E-state index contributed by atoms with van der Waals surface area (Å²) in [5.41, 5.74) is 0. The van der Waals surface area contributed by atoms with Crippen molar-refractivity contribution in [3.05, 3.63) is 12.2 Å². The molecule has 4 atom stereocenters. The van der Waals surface area contributed by atoms with Crippen LogP contribution >= 0.6 is 0 Å². The molecular weight excluding hydrogens is 344 g/mol. The molecule has 1 saturated heterocycles. The van der Waals surface area contributed by atoms with Crippen molar-refractivity contribution >= 4 is 0 Å². The smallest absolute Gasteiger partial charge is 0.111 e. The Morgan fingerprint density at radius 3 is 2.07 bits per heavy atom. The van der Waals surface area contributed by atoms with E-state index in [4.69, 9.17) is 14.6 Å². The van der Waals surface area contributed by atoms with Crippen LogP contribution in [0.15, 0.2) is 12.2 Å². The van der Waals surface area contributed by atoms with Gasteiger partial charge in [-0.1, -0.05) is 64.0 Å². The fourth-order valence-corrected chi connectivity index (χ4v) is 3.39. The fraction of sp³-hybridized carbons (Fsp3) is 0.909. The Kier molecular flexibility index (Phi) is 15.0. The highest BCUT2D eigenvalue weighted by Crippen LogP contribution is 2.18. The molecule has 1 aliphatic rings. The molecule has 0 bridgehead atoms. The van der Waals surface area contributed by atoms with Crippen LogP contribution in [0.4, 0.5) is 0 Å². The number of aliphatic hydroxyl groups is 3. The molecule has 1 rings (SSSR count). The molecule has 0 aromatic rings. The topological polar surface area (TPSA) is 79.2 Å². The molecule has 0 saturated carbocycles. The maximum atomic E-state index is 9.98. The summed E-state index contributed by atoms with van der Waals surface area (Å²) in [6.07, 6.45) is 16.3. The van der Waals surface area contributed by atoms with Gasteiger partial charge in [0.25, 0.3) is 0 Å². The van der Waals surface area contributed by atoms with Crippen molar-refractivity contribution in [2.45, 2.75) is 108 Å². The van der Waals surface area contributed by atoms with Crippen LogP contribution in [0, 0.1) is 0 Å². The molecule has 160 valence electrons. The first kappa shape index (κ1) is 24.6. The number of hydrogen-bond acceptors (Lipinski definition) is 5. The number of allylic oxidation sites excluding steroid dienone is 2. The Bertz CT molecular complexity index is 361. The zero-order valence-corrected chi connectivity index (χ0v) is 17.2. The van der Waals surface area contributed by atoms with Crippen LogP contribution in [0.3, 0.4) is 0 Å². The molecule has 0 unspecified atom stereocenters. The molecule has 0 aromatic heterocycles. The molecule has 1 heterocycles. The third-order valence-corrected chi connectivity index (χ3v) is 5.25. The Labute approximate surface area is 165 Å². The van der Waals surface area contributed by atoms with Crippen molar-refractivity contribution in [3.8, 4) is 0 Å². The lowest BCUT2D eigenvalue weighted by atomic mass is 10.0. The van der Waals surface area contributed by atoms with Crippen LogP contribution in [-0.4, -0.2) is 59.6 Å². The van der Waals surface area contributed by atoms with Crippen LogP contribution < -0.4 is 0 Å². The van der Waals surface area contributed by atoms with E-state index in [2.05, 4.69) is 19.1 Å². The van der Waals surface area contributed by atoms with E-state index >= 15 is 0 Å². The summed E-state index contributed by atoms with van der Waals surface area (Å²) in [5, 5.41) is 28.8. The highest BCUT2D eigenvalue weighted by Gasteiger charge is 2.38. The van der Waals surface area contributed by atoms with Gasteiger partial charge in [-0.3, -0.25) is 0 Å². The second-order valence-corrected chi connectivity index (χ2v) is 7.68. The van der Waals surface area contributed by atoms with Gasteiger partial charge >= 0.3 is 0 Å². The maximum Gasteiger partial charge on any atom is 0.111 e. The van der Waals surface area contributed by atoms with E-state index in [0.717, 1.165) is 12.8 Å². The van der Waals surface area contributed by atoms with Gasteiger partial charge in [-0.15, -0.1) is 0 Å². The normalized spacial score (nSPS) is 26.1. The van der Waals surface area contributed by atoms with Gasteiger partial charge in [-0.2, -0.15) is 0 Å². The zero-order valence-electron chi connectivity index (χ0n) is 17.2. The van der Waals surface area contributed by atoms with Crippen LogP contribution in [0.1, 0.15) is 84.0 Å². The van der Waals surface area contributed by atoms with E-state index < -0.39 is 24.4 Å². The van der Waals surface area contributed by atoms with Crippen molar-refractivity contribution in [3.63, 3.8) is 0 Å². The lowest BCUT2D eigenvalue weighted by Gasteiger charge is -2.36. The lowest BCUT2D eigenvalue weighted by Crippen LogP contribution is -2.55. The predicted molar refractivity (Wildman–Crippen MR) is 109 cm³/mol. The fourth-order valence-electron chi connectivity index (χ4n) is 3.39. The number of unbranched alkanes of at least 4 members (excludes halogenated alkanes) is 10. The van der Waals surface area contributed by atoms with E-state index in [1.807, 2.05) is 0 Å². The Morgan fingerprint density at radius 2 is 1.44 bits per heavy atom. The average molecular weight is 387 g/mol. The van der Waals surface area contributed by atoms with Gasteiger partial charge in [-0.05, 0) is 32.1 Å². The van der Waals surface area contributed by atoms with Crippen molar-refractivity contribution in [2.24, 2.45) is 0 Å². The maximum absolute atomic E-state index is 9.98. The average Bonchev–Trinajstić information content (AvgIpc) is 2.68. The minimum atomic E-state index is -1.09. The van der Waals surface area contributed by atoms with Crippen molar-refractivity contribution in [2.75, 3.05) is 19.8 Å². The predicted octanol–water partition coefficient (Wildman–Crippen LogP) is 3.74. The summed E-state index contributed by atoms with van der Waals surface area (Å²) >= 11 is 0. The molecule has 1 fully saturated rings. The number of hydrogen-bond donors (Lipinski definition) is 3. The summed E-state index contributed by atoms with van der Waals surface area (Å²) in [5.74, 6) is 0. The van der Waals surface area contributed by atoms with Crippen molar-refractivity contribution < 1.29 is 24.8 Å². The highest BCUT2D eigenvalue weighted by atomic mass is 16.6. The van der Waals surface area contributed by atoms with Crippen LogP contribution in [-0.2, 0) is 9.47 Å². The Balaban J connectivity index is 1.88. The van der Waals surface area contributed by atoms with E-state index in [0.29, 0.717) is 6.61 Å². The summed E-state index contributed by atoms with van der Waals surface area (Å²) in [6, 6.07) is 0. The highest BCUT2D eigenvalue weighted by molar-refractivity contribution is 4.87. The summed E-state index contributed by atoms with van der Waals surface area (Å²) in [4.78, 5) is 0. The second-order valence-electron chi connectivity index (χ2n) is 7.68. The number of rotatable bonds is 16. The summed E-state index contributed by atoms with van der Waals surface area (Å²) in [7, 11) is 0. The van der Waals surface area contributed by atoms with E-state index in [1.165, 1.54) is 64.2 Å². The Morgan fingerprint density at radius 1 is 0.852 bits per heavy atom. The molecule has 5 nitrogen and oxygen atoms in total. The minimum Gasteiger partial charge on any atom is -0.394 e. The van der Waals surface area contributed by atoms with Gasteiger partial charge in [0.15, 0.2) is 0 Å². The van der Waals surface area contributed by atoms with Gasteiger partial charge in [0.05, 0.1) is 13.2 Å². The third-order valence-electron chi connectivity index (χ3n) is 5.25. The van der Waals surface area contributed by atoms with E-state index in [-0.39, 0.29) is 13.2 Å². The summed E-state index contributed by atoms with van der Waals surface area (Å²) < 4.78 is 10.9. The van der Waals surface area contributed by atoms with Gasteiger partial charge in [0.2, 0.25) is 0 Å². The molecule has 0 amide bonds. The zero-order chi connectivity index (χ0) is 19.7. The molecule has 0 spiro atoms. The standard InChI is InChI=1S/C22H42O5/c1-2-3-4-5-6-7-8-9-10-11-12-13-14-15-16-26-20-18-27-19(17-23)21(24)22(20)25/h8-9,19-25H,2-7,10-18H2,1H3/b9-8+/t19-,20+,21-,22-/m0/s1. The molecule has 1 aliphatic heterocycles. The summed E-state index contributed by atoms with van der Waals surface area (Å²) in [6.45, 7) is 2.75. The molecule has 5 heteroatoms. The van der Waals surface area contributed by atoms with Crippen LogP contribution in [0.2, 0.25) is 0 Å². The van der Waals surface area contributed by atoms with Crippen molar-refractivity contribution in [1.82, 2.24) is 0 Å². The Hall–Kier alpha value is -0.460. The first-order valence-electron chi connectivity index (χ1n) is 11.1. The molecule has 0 aliphatic carbocycles. The molecule has 3 N–H and O–H groups in total. The third kappa shape index (κ3) is 11.2. The van der Waals surface area contributed by atoms with Crippen LogP contribution in [0.5, 0.6) is 0 Å². The SMILES string of the molecule is CCCCCCC/C=C/CCCCCCCO[C@@H]1CO[C@@H](CO)[C@H](O)[C@H]1O. The largest absolute Gasteiger partial charge is 0.394 e. The van der Waals surface area contributed by atoms with E-state index in [9.17, 15) is 10.2 Å². The van der Waals surface area contributed by atoms with Crippen molar-refractivity contribution in [1.29, 1.82) is 0 Å². The van der Waals surface area contributed by atoms with Gasteiger partial charge in [-0.25, -0.2) is 0 Å². The quantitative estimate of drug-likeness (QED) is 0.278. The lowest BCUT2D eigenvalue weighted by molar-refractivity contribution is -0.208.